The summed E-state index contributed by atoms with van der Waals surface area (Å²) in [5.41, 5.74) is -0.0501. The van der Waals surface area contributed by atoms with E-state index in [0.717, 1.165) is 17.4 Å². The highest BCUT2D eigenvalue weighted by Crippen LogP contribution is 2.40. The van der Waals surface area contributed by atoms with Crippen LogP contribution in [0.25, 0.3) is 5.57 Å². The highest BCUT2D eigenvalue weighted by Gasteiger charge is 2.41. The van der Waals surface area contributed by atoms with Crippen molar-refractivity contribution in [3.8, 4) is 5.88 Å². The Balaban J connectivity index is 1.54. The summed E-state index contributed by atoms with van der Waals surface area (Å²) in [6.45, 7) is 0.256. The lowest BCUT2D eigenvalue weighted by Gasteiger charge is -2.16. The molecule has 2 aliphatic rings. The Hall–Kier alpha value is -3.65. The number of carbonyl (C=O) groups excluding carboxylic acids is 1. The van der Waals surface area contributed by atoms with E-state index < -0.39 is 35.7 Å². The zero-order valence-electron chi connectivity index (χ0n) is 20.1. The van der Waals surface area contributed by atoms with Gasteiger partial charge in [-0.25, -0.2) is 0 Å². The van der Waals surface area contributed by atoms with Gasteiger partial charge in [-0.15, -0.1) is 0 Å². The van der Waals surface area contributed by atoms with Crippen LogP contribution in [0.2, 0.25) is 5.02 Å². The Morgan fingerprint density at radius 1 is 1.15 bits per heavy atom. The molecule has 2 aliphatic heterocycles. The Labute approximate surface area is 231 Å². The molecule has 0 spiro atoms. The minimum atomic E-state index is -5.02. The summed E-state index contributed by atoms with van der Waals surface area (Å²) in [7, 11) is 0. The third-order valence-corrected chi connectivity index (χ3v) is 7.81. The van der Waals surface area contributed by atoms with Gasteiger partial charge in [0.25, 0.3) is 0 Å². The maximum absolute atomic E-state index is 13.9. The predicted molar refractivity (Wildman–Crippen MR) is 136 cm³/mol. The zero-order chi connectivity index (χ0) is 28.8. The van der Waals surface area contributed by atoms with Crippen molar-refractivity contribution in [2.45, 2.75) is 31.2 Å². The number of hydrogen-bond donors (Lipinski definition) is 2. The van der Waals surface area contributed by atoms with Gasteiger partial charge in [0.05, 0.1) is 22.0 Å². The van der Waals surface area contributed by atoms with Crippen molar-refractivity contribution in [3.63, 3.8) is 0 Å². The van der Waals surface area contributed by atoms with E-state index in [1.165, 1.54) is 18.3 Å². The fourth-order valence-corrected chi connectivity index (χ4v) is 5.74. The summed E-state index contributed by atoms with van der Waals surface area (Å²) in [4.78, 5) is 17.3. The SMILES string of the molecule is O=C(NC1CCN(c2nc(O)c(C(Cc3ccc(Cl)cc3C(F)(F)F)=c3ccc4c(c3)C=NN=4)s2)C1)C(F)(F)F. The molecule has 2 aromatic carbocycles. The van der Waals surface area contributed by atoms with Gasteiger partial charge < -0.3 is 15.3 Å². The number of fused-ring (bicyclic) bond motifs is 1. The Kier molecular flexibility index (Phi) is 7.25. The molecule has 5 rings (SSSR count). The van der Waals surface area contributed by atoms with E-state index in [1.54, 1.807) is 23.1 Å². The summed E-state index contributed by atoms with van der Waals surface area (Å²) >= 11 is 6.84. The summed E-state index contributed by atoms with van der Waals surface area (Å²) in [6, 6.07) is 7.63. The molecule has 1 fully saturated rings. The molecule has 3 heterocycles. The molecular formula is C25H18ClF6N5O2S. The van der Waals surface area contributed by atoms with Crippen molar-refractivity contribution in [2.24, 2.45) is 10.2 Å². The third-order valence-electron chi connectivity index (χ3n) is 6.41. The second kappa shape index (κ2) is 10.4. The van der Waals surface area contributed by atoms with E-state index in [-0.39, 0.29) is 46.5 Å². The van der Waals surface area contributed by atoms with Crippen LogP contribution in [0.1, 0.15) is 28.0 Å². The van der Waals surface area contributed by atoms with Gasteiger partial charge in [-0.1, -0.05) is 35.1 Å². The van der Waals surface area contributed by atoms with Crippen molar-refractivity contribution < 1.29 is 36.2 Å². The molecule has 0 bridgehead atoms. The van der Waals surface area contributed by atoms with Gasteiger partial charge in [-0.3, -0.25) is 4.79 Å². The molecule has 2 N–H and O–H groups in total. The number of hydrogen-bond acceptors (Lipinski definition) is 7. The van der Waals surface area contributed by atoms with Gasteiger partial charge in [0.1, 0.15) is 0 Å². The maximum atomic E-state index is 13.9. The van der Waals surface area contributed by atoms with Crippen LogP contribution >= 0.6 is 22.9 Å². The number of benzene rings is 2. The van der Waals surface area contributed by atoms with Gasteiger partial charge in [-0.05, 0) is 47.0 Å². The van der Waals surface area contributed by atoms with Crippen molar-refractivity contribution in [1.82, 2.24) is 10.3 Å². The van der Waals surface area contributed by atoms with Gasteiger partial charge in [0.15, 0.2) is 5.13 Å². The number of nitrogens with zero attached hydrogens (tertiary/aromatic N) is 4. The van der Waals surface area contributed by atoms with Gasteiger partial charge >= 0.3 is 18.3 Å². The van der Waals surface area contributed by atoms with Crippen LogP contribution in [-0.2, 0) is 17.4 Å². The van der Waals surface area contributed by atoms with Crippen LogP contribution in [-0.4, -0.2) is 47.5 Å². The van der Waals surface area contributed by atoms with E-state index in [0.29, 0.717) is 21.7 Å². The van der Waals surface area contributed by atoms with Crippen molar-refractivity contribution in [1.29, 1.82) is 0 Å². The lowest BCUT2D eigenvalue weighted by atomic mass is 9.96. The number of aromatic nitrogens is 1. The van der Waals surface area contributed by atoms with Crippen LogP contribution in [0.3, 0.4) is 0 Å². The molecular weight excluding hydrogens is 584 g/mol. The van der Waals surface area contributed by atoms with Crippen LogP contribution in [0.4, 0.5) is 31.5 Å². The lowest BCUT2D eigenvalue weighted by Crippen LogP contribution is -2.44. The average molecular weight is 602 g/mol. The molecule has 0 saturated carbocycles. The van der Waals surface area contributed by atoms with Crippen molar-refractivity contribution in [3.05, 3.63) is 73.6 Å². The first-order chi connectivity index (χ1) is 18.8. The first-order valence-corrected chi connectivity index (χ1v) is 12.9. The molecule has 1 unspecified atom stereocenters. The first kappa shape index (κ1) is 27.9. The third kappa shape index (κ3) is 5.77. The number of carbonyl (C=O) groups is 1. The number of alkyl halides is 6. The van der Waals surface area contributed by atoms with Crippen LogP contribution < -0.4 is 20.8 Å². The number of thiazole rings is 1. The minimum absolute atomic E-state index is 0.00969. The van der Waals surface area contributed by atoms with Gasteiger partial charge in [0.2, 0.25) is 5.88 Å². The fourth-order valence-electron chi connectivity index (χ4n) is 4.51. The molecule has 1 saturated heterocycles. The smallest absolute Gasteiger partial charge is 0.471 e. The predicted octanol–water partition coefficient (Wildman–Crippen LogP) is 4.19. The normalized spacial score (nSPS) is 17.6. The van der Waals surface area contributed by atoms with Crippen molar-refractivity contribution >= 4 is 45.8 Å². The van der Waals surface area contributed by atoms with Crippen LogP contribution in [0, 0.1) is 0 Å². The second-order valence-electron chi connectivity index (χ2n) is 9.12. The topological polar surface area (TPSA) is 90.2 Å². The summed E-state index contributed by atoms with van der Waals surface area (Å²) in [6.07, 6.45) is -8.26. The summed E-state index contributed by atoms with van der Waals surface area (Å²) in [5.74, 6) is -2.49. The summed E-state index contributed by atoms with van der Waals surface area (Å²) in [5, 5.41) is 21.8. The molecule has 1 aromatic heterocycles. The quantitative estimate of drug-likeness (QED) is 0.430. The lowest BCUT2D eigenvalue weighted by molar-refractivity contribution is -0.174. The molecule has 1 atom stereocenters. The highest BCUT2D eigenvalue weighted by molar-refractivity contribution is 7.17. The number of amides is 1. The largest absolute Gasteiger partial charge is 0.492 e. The Bertz CT molecular complexity index is 1640. The standard InChI is InChI=1S/C25H18ClF6N5O2S/c26-15-3-1-13(18(9-15)24(27,28)29)8-17(12-2-4-19-14(7-12)10-33-36-19)20-21(38)35-23(40-20)37-6-5-16(11-37)34-22(39)25(30,31)32/h1-4,7,9-10,16,38H,5-6,8,11H2,(H,34,39). The first-order valence-electron chi connectivity index (χ1n) is 11.7. The molecule has 40 heavy (non-hydrogen) atoms. The van der Waals surface area contributed by atoms with Crippen LogP contribution in [0.5, 0.6) is 5.88 Å². The number of halogens is 7. The second-order valence-corrected chi connectivity index (χ2v) is 10.5. The highest BCUT2D eigenvalue weighted by atomic mass is 35.5. The van der Waals surface area contributed by atoms with E-state index in [2.05, 4.69) is 15.2 Å². The molecule has 7 nitrogen and oxygen atoms in total. The number of aromatic hydroxyl groups is 1. The molecule has 210 valence electrons. The van der Waals surface area contributed by atoms with Gasteiger partial charge in [-0.2, -0.15) is 41.5 Å². The molecule has 0 radical (unpaired) electrons. The van der Waals surface area contributed by atoms with Gasteiger partial charge in [0, 0.05) is 36.1 Å². The maximum Gasteiger partial charge on any atom is 0.471 e. The Morgan fingerprint density at radius 2 is 1.93 bits per heavy atom. The molecule has 3 aromatic rings. The number of nitrogens with one attached hydrogen (secondary N) is 1. The van der Waals surface area contributed by atoms with Crippen molar-refractivity contribution in [2.75, 3.05) is 18.0 Å². The average Bonchev–Trinajstić information content (AvgIpc) is 3.61. The molecule has 15 heteroatoms. The fraction of sp³-hybridized carbons (Fsp3) is 0.280. The minimum Gasteiger partial charge on any atom is -0.492 e. The van der Waals surface area contributed by atoms with E-state index in [1.807, 2.05) is 5.32 Å². The van der Waals surface area contributed by atoms with Crippen LogP contribution in [0.15, 0.2) is 46.6 Å². The van der Waals surface area contributed by atoms with E-state index >= 15 is 0 Å². The molecule has 0 aliphatic carbocycles. The number of anilines is 1. The number of rotatable bonds is 5. The molecule has 1 amide bonds. The van der Waals surface area contributed by atoms with E-state index in [9.17, 15) is 36.2 Å². The Morgan fingerprint density at radius 3 is 2.65 bits per heavy atom. The summed E-state index contributed by atoms with van der Waals surface area (Å²) < 4.78 is 79.6. The zero-order valence-corrected chi connectivity index (χ0v) is 21.7. The monoisotopic (exact) mass is 601 g/mol. The van der Waals surface area contributed by atoms with E-state index in [4.69, 9.17) is 11.6 Å².